The predicted molar refractivity (Wildman–Crippen MR) is 100.0 cm³/mol. The van der Waals surface area contributed by atoms with Crippen LogP contribution in [0.3, 0.4) is 0 Å². The minimum absolute atomic E-state index is 0.0374. The van der Waals surface area contributed by atoms with Crippen molar-refractivity contribution < 1.29 is 14.3 Å². The number of halogens is 2. The molecule has 0 aliphatic carbocycles. The van der Waals surface area contributed by atoms with Crippen LogP contribution in [0.25, 0.3) is 0 Å². The van der Waals surface area contributed by atoms with Crippen LogP contribution in [0.1, 0.15) is 33.7 Å². The number of carbonyl (C=O) groups is 2. The van der Waals surface area contributed by atoms with E-state index in [1.54, 1.807) is 18.2 Å². The lowest BCUT2D eigenvalue weighted by Gasteiger charge is -2.11. The third-order valence-electron chi connectivity index (χ3n) is 3.97. The molecule has 1 aliphatic rings. The Labute approximate surface area is 160 Å². The molecule has 1 unspecified atom stereocenters. The molecule has 1 aromatic carbocycles. The SMILES string of the molecule is O=C(Nc1cccc(Cl)c1Cl)c1ccnc(C(=O)NCC2CCCO2)c1. The highest BCUT2D eigenvalue weighted by Gasteiger charge is 2.18. The van der Waals surface area contributed by atoms with Gasteiger partial charge in [0, 0.05) is 24.9 Å². The normalized spacial score (nSPS) is 16.3. The number of nitrogens with zero attached hydrogens (tertiary/aromatic N) is 1. The van der Waals surface area contributed by atoms with E-state index in [1.807, 2.05) is 0 Å². The lowest BCUT2D eigenvalue weighted by atomic mass is 10.2. The third kappa shape index (κ3) is 4.52. The first-order chi connectivity index (χ1) is 12.5. The highest BCUT2D eigenvalue weighted by Crippen LogP contribution is 2.29. The summed E-state index contributed by atoms with van der Waals surface area (Å²) in [4.78, 5) is 28.7. The van der Waals surface area contributed by atoms with Gasteiger partial charge in [-0.1, -0.05) is 29.3 Å². The molecular formula is C18H17Cl2N3O3. The second-order valence-corrected chi connectivity index (χ2v) is 6.62. The van der Waals surface area contributed by atoms with Crippen molar-refractivity contribution in [3.05, 3.63) is 57.8 Å². The smallest absolute Gasteiger partial charge is 0.269 e. The Morgan fingerprint density at radius 3 is 2.85 bits per heavy atom. The second-order valence-electron chi connectivity index (χ2n) is 5.83. The molecule has 0 saturated carbocycles. The van der Waals surface area contributed by atoms with Crippen LogP contribution in [0.5, 0.6) is 0 Å². The number of hydrogen-bond donors (Lipinski definition) is 2. The first-order valence-electron chi connectivity index (χ1n) is 8.16. The summed E-state index contributed by atoms with van der Waals surface area (Å²) in [6.07, 6.45) is 3.38. The molecule has 2 heterocycles. The van der Waals surface area contributed by atoms with Gasteiger partial charge >= 0.3 is 0 Å². The molecule has 2 aromatic rings. The van der Waals surface area contributed by atoms with E-state index in [1.165, 1.54) is 18.3 Å². The summed E-state index contributed by atoms with van der Waals surface area (Å²) in [6.45, 7) is 1.15. The molecule has 1 saturated heterocycles. The Hall–Kier alpha value is -2.15. The Balaban J connectivity index is 1.66. The van der Waals surface area contributed by atoms with E-state index < -0.39 is 5.91 Å². The summed E-state index contributed by atoms with van der Waals surface area (Å²) in [5.74, 6) is -0.763. The molecule has 1 fully saturated rings. The Morgan fingerprint density at radius 1 is 1.23 bits per heavy atom. The van der Waals surface area contributed by atoms with E-state index in [-0.39, 0.29) is 22.7 Å². The van der Waals surface area contributed by atoms with Crippen molar-refractivity contribution in [1.29, 1.82) is 0 Å². The number of anilines is 1. The van der Waals surface area contributed by atoms with Gasteiger partial charge in [0.25, 0.3) is 11.8 Å². The van der Waals surface area contributed by atoms with E-state index in [9.17, 15) is 9.59 Å². The fourth-order valence-corrected chi connectivity index (χ4v) is 2.94. The van der Waals surface area contributed by atoms with Crippen molar-refractivity contribution in [1.82, 2.24) is 10.3 Å². The van der Waals surface area contributed by atoms with E-state index in [0.717, 1.165) is 19.4 Å². The Bertz CT molecular complexity index is 823. The molecule has 0 bridgehead atoms. The number of rotatable bonds is 5. The third-order valence-corrected chi connectivity index (χ3v) is 4.79. The molecule has 3 rings (SSSR count). The minimum atomic E-state index is -0.412. The molecule has 0 spiro atoms. The zero-order valence-electron chi connectivity index (χ0n) is 13.8. The second kappa shape index (κ2) is 8.49. The maximum Gasteiger partial charge on any atom is 0.269 e. The summed E-state index contributed by atoms with van der Waals surface area (Å²) in [5, 5.41) is 6.05. The number of carbonyl (C=O) groups excluding carboxylic acids is 2. The Kier molecular flexibility index (Phi) is 6.08. The van der Waals surface area contributed by atoms with Crippen LogP contribution in [0.4, 0.5) is 5.69 Å². The summed E-state index contributed by atoms with van der Waals surface area (Å²) < 4.78 is 5.47. The average molecular weight is 394 g/mol. The van der Waals surface area contributed by atoms with Crippen LogP contribution in [0, 0.1) is 0 Å². The number of pyridine rings is 1. The summed E-state index contributed by atoms with van der Waals surface area (Å²) in [7, 11) is 0. The van der Waals surface area contributed by atoms with Gasteiger partial charge in [-0.25, -0.2) is 0 Å². The first kappa shape index (κ1) is 18.6. The first-order valence-corrected chi connectivity index (χ1v) is 8.91. The number of nitrogens with one attached hydrogen (secondary N) is 2. The summed E-state index contributed by atoms with van der Waals surface area (Å²) >= 11 is 12.0. The van der Waals surface area contributed by atoms with E-state index in [0.29, 0.717) is 22.8 Å². The van der Waals surface area contributed by atoms with E-state index in [2.05, 4.69) is 15.6 Å². The van der Waals surface area contributed by atoms with Crippen molar-refractivity contribution in [2.75, 3.05) is 18.5 Å². The number of hydrogen-bond acceptors (Lipinski definition) is 4. The van der Waals surface area contributed by atoms with Crippen LogP contribution < -0.4 is 10.6 Å². The average Bonchev–Trinajstić information content (AvgIpc) is 3.17. The van der Waals surface area contributed by atoms with Gasteiger partial charge in [-0.05, 0) is 37.1 Å². The molecular weight excluding hydrogens is 377 g/mol. The Morgan fingerprint density at radius 2 is 2.08 bits per heavy atom. The number of aromatic nitrogens is 1. The fourth-order valence-electron chi connectivity index (χ4n) is 2.59. The van der Waals surface area contributed by atoms with Gasteiger partial charge in [-0.3, -0.25) is 14.6 Å². The lowest BCUT2D eigenvalue weighted by Crippen LogP contribution is -2.32. The topological polar surface area (TPSA) is 80.3 Å². The zero-order valence-corrected chi connectivity index (χ0v) is 15.3. The van der Waals surface area contributed by atoms with Gasteiger partial charge in [0.15, 0.2) is 0 Å². The van der Waals surface area contributed by atoms with Gasteiger partial charge in [0.2, 0.25) is 0 Å². The molecule has 1 aromatic heterocycles. The molecule has 2 amide bonds. The number of benzene rings is 1. The van der Waals surface area contributed by atoms with Gasteiger partial charge in [-0.15, -0.1) is 0 Å². The van der Waals surface area contributed by atoms with Crippen molar-refractivity contribution in [2.45, 2.75) is 18.9 Å². The fraction of sp³-hybridized carbons (Fsp3) is 0.278. The van der Waals surface area contributed by atoms with Gasteiger partial charge in [0.1, 0.15) is 5.69 Å². The van der Waals surface area contributed by atoms with E-state index in [4.69, 9.17) is 27.9 Å². The summed E-state index contributed by atoms with van der Waals surface area (Å²) in [5.41, 5.74) is 0.844. The van der Waals surface area contributed by atoms with Crippen LogP contribution >= 0.6 is 23.2 Å². The highest BCUT2D eigenvalue weighted by atomic mass is 35.5. The van der Waals surface area contributed by atoms with Crippen LogP contribution in [-0.2, 0) is 4.74 Å². The molecule has 136 valence electrons. The molecule has 0 radical (unpaired) electrons. The van der Waals surface area contributed by atoms with Gasteiger partial charge in [-0.2, -0.15) is 0 Å². The maximum absolute atomic E-state index is 12.4. The maximum atomic E-state index is 12.4. The van der Waals surface area contributed by atoms with Crippen molar-refractivity contribution in [3.8, 4) is 0 Å². The number of amides is 2. The van der Waals surface area contributed by atoms with Gasteiger partial charge < -0.3 is 15.4 Å². The van der Waals surface area contributed by atoms with Crippen molar-refractivity contribution >= 4 is 40.7 Å². The van der Waals surface area contributed by atoms with Crippen molar-refractivity contribution in [2.24, 2.45) is 0 Å². The van der Waals surface area contributed by atoms with E-state index >= 15 is 0 Å². The highest BCUT2D eigenvalue weighted by molar-refractivity contribution is 6.44. The van der Waals surface area contributed by atoms with Crippen LogP contribution in [0.15, 0.2) is 36.5 Å². The standard InChI is InChI=1S/C18H17Cl2N3O3/c19-13-4-1-5-14(16(13)20)23-17(24)11-6-7-21-15(9-11)18(25)22-10-12-3-2-8-26-12/h1,4-7,9,12H,2-3,8,10H2,(H,22,25)(H,23,24). The molecule has 26 heavy (non-hydrogen) atoms. The predicted octanol–water partition coefficient (Wildman–Crippen LogP) is 3.55. The molecule has 2 N–H and O–H groups in total. The quantitative estimate of drug-likeness (QED) is 0.813. The zero-order chi connectivity index (χ0) is 18.5. The number of ether oxygens (including phenoxy) is 1. The molecule has 1 aliphatic heterocycles. The van der Waals surface area contributed by atoms with Crippen LogP contribution in [-0.4, -0.2) is 36.1 Å². The van der Waals surface area contributed by atoms with Crippen molar-refractivity contribution in [3.63, 3.8) is 0 Å². The summed E-state index contributed by atoms with van der Waals surface area (Å²) in [6, 6.07) is 7.90. The molecule has 6 nitrogen and oxygen atoms in total. The monoisotopic (exact) mass is 393 g/mol. The lowest BCUT2D eigenvalue weighted by molar-refractivity contribution is 0.0853. The minimum Gasteiger partial charge on any atom is -0.376 e. The molecule has 8 heteroatoms. The van der Waals surface area contributed by atoms with Gasteiger partial charge in [0.05, 0.1) is 21.8 Å². The molecule has 1 atom stereocenters. The van der Waals surface area contributed by atoms with Crippen LogP contribution in [0.2, 0.25) is 10.0 Å². The largest absolute Gasteiger partial charge is 0.376 e.